The quantitative estimate of drug-likeness (QED) is 0.903. The molecule has 0 spiro atoms. The maximum atomic E-state index is 11.4. The van der Waals surface area contributed by atoms with Gasteiger partial charge in [0, 0.05) is 10.6 Å². The van der Waals surface area contributed by atoms with E-state index < -0.39 is 12.0 Å². The molecule has 20 heavy (non-hydrogen) atoms. The van der Waals surface area contributed by atoms with Gasteiger partial charge in [-0.3, -0.25) is 4.98 Å². The Morgan fingerprint density at radius 2 is 2.30 bits per heavy atom. The van der Waals surface area contributed by atoms with E-state index in [1.165, 1.54) is 11.3 Å². The van der Waals surface area contributed by atoms with Crippen LogP contribution in [0.2, 0.25) is 0 Å². The van der Waals surface area contributed by atoms with Gasteiger partial charge in [-0.1, -0.05) is 6.07 Å². The number of aliphatic carboxylic acids is 1. The number of pyridine rings is 1. The number of thiophene rings is 1. The fraction of sp³-hybridized carbons (Fsp3) is 0.214. The number of nitrogens with one attached hydrogen (secondary N) is 1. The summed E-state index contributed by atoms with van der Waals surface area (Å²) >= 11 is 1.36. The van der Waals surface area contributed by atoms with Crippen LogP contribution in [0.25, 0.3) is 0 Å². The van der Waals surface area contributed by atoms with Crippen LogP contribution in [-0.4, -0.2) is 16.1 Å². The number of aromatic nitrogens is 1. The number of hydrogen-bond donors (Lipinski definition) is 2. The van der Waals surface area contributed by atoms with Gasteiger partial charge in [-0.15, -0.1) is 11.3 Å². The molecule has 0 fully saturated rings. The zero-order valence-corrected chi connectivity index (χ0v) is 11.9. The summed E-state index contributed by atoms with van der Waals surface area (Å²) in [5.74, 6) is -0.983. The first-order valence-electron chi connectivity index (χ1n) is 5.94. The van der Waals surface area contributed by atoms with E-state index in [0.717, 1.165) is 5.69 Å². The van der Waals surface area contributed by atoms with Gasteiger partial charge in [0.15, 0.2) is 6.04 Å². The van der Waals surface area contributed by atoms with Crippen LogP contribution in [0.15, 0.2) is 23.6 Å². The molecule has 2 rings (SSSR count). The minimum atomic E-state index is -0.983. The maximum absolute atomic E-state index is 11.4. The molecule has 0 saturated carbocycles. The van der Waals surface area contributed by atoms with Gasteiger partial charge in [0.2, 0.25) is 0 Å². The van der Waals surface area contributed by atoms with Crippen molar-refractivity contribution < 1.29 is 9.90 Å². The van der Waals surface area contributed by atoms with Gasteiger partial charge in [-0.25, -0.2) is 4.79 Å². The monoisotopic (exact) mass is 287 g/mol. The molecule has 1 atom stereocenters. The molecule has 0 aliphatic carbocycles. The number of anilines is 1. The van der Waals surface area contributed by atoms with Crippen molar-refractivity contribution in [3.63, 3.8) is 0 Å². The summed E-state index contributed by atoms with van der Waals surface area (Å²) in [5.41, 5.74) is 2.20. The molecule has 0 radical (unpaired) electrons. The van der Waals surface area contributed by atoms with Crippen LogP contribution >= 0.6 is 11.3 Å². The number of nitrogens with zero attached hydrogens (tertiary/aromatic N) is 2. The molecule has 2 aromatic rings. The van der Waals surface area contributed by atoms with Crippen molar-refractivity contribution in [2.75, 3.05) is 5.32 Å². The third-order valence-corrected chi connectivity index (χ3v) is 3.75. The van der Waals surface area contributed by atoms with Gasteiger partial charge in [-0.2, -0.15) is 5.26 Å². The van der Waals surface area contributed by atoms with E-state index in [2.05, 4.69) is 16.4 Å². The molecule has 5 nitrogen and oxygen atoms in total. The van der Waals surface area contributed by atoms with Crippen molar-refractivity contribution in [1.29, 1.82) is 5.26 Å². The van der Waals surface area contributed by atoms with Gasteiger partial charge >= 0.3 is 5.97 Å². The van der Waals surface area contributed by atoms with Gasteiger partial charge in [-0.05, 0) is 31.4 Å². The zero-order chi connectivity index (χ0) is 14.7. The molecule has 1 unspecified atom stereocenters. The Morgan fingerprint density at radius 3 is 2.85 bits per heavy atom. The number of nitriles is 1. The first kappa shape index (κ1) is 14.0. The second-order valence-corrected chi connectivity index (χ2v) is 5.29. The highest BCUT2D eigenvalue weighted by Crippen LogP contribution is 2.27. The number of rotatable bonds is 4. The van der Waals surface area contributed by atoms with Crippen LogP contribution in [0, 0.1) is 25.2 Å². The average Bonchev–Trinajstić information content (AvgIpc) is 2.88. The molecule has 2 aromatic heterocycles. The normalized spacial score (nSPS) is 11.7. The van der Waals surface area contributed by atoms with Crippen molar-refractivity contribution in [2.24, 2.45) is 0 Å². The second-order valence-electron chi connectivity index (χ2n) is 4.31. The predicted octanol–water partition coefficient (Wildman–Crippen LogP) is 2.87. The van der Waals surface area contributed by atoms with Gasteiger partial charge < -0.3 is 10.4 Å². The molecule has 0 aromatic carbocycles. The van der Waals surface area contributed by atoms with E-state index in [9.17, 15) is 15.2 Å². The molecule has 2 N–H and O–H groups in total. The Morgan fingerprint density at radius 1 is 1.55 bits per heavy atom. The average molecular weight is 287 g/mol. The first-order chi connectivity index (χ1) is 9.52. The summed E-state index contributed by atoms with van der Waals surface area (Å²) in [6.07, 6.45) is 0. The van der Waals surface area contributed by atoms with Crippen molar-refractivity contribution in [2.45, 2.75) is 19.9 Å². The Bertz CT molecular complexity index is 674. The standard InChI is InChI=1S/C14H13N3O2S/c1-8-6-11(10(7-15)9(2)16-8)17-13(14(18)19)12-4-3-5-20-12/h3-6,13H,1-2H3,(H,16,17)(H,18,19). The van der Waals surface area contributed by atoms with E-state index in [-0.39, 0.29) is 0 Å². The molecule has 0 aliphatic heterocycles. The maximum Gasteiger partial charge on any atom is 0.331 e. The molecular formula is C14H13N3O2S. The number of carbonyl (C=O) groups is 1. The third-order valence-electron chi connectivity index (χ3n) is 2.81. The second kappa shape index (κ2) is 5.72. The number of aryl methyl sites for hydroxylation is 2. The lowest BCUT2D eigenvalue weighted by molar-refractivity contribution is -0.138. The van der Waals surface area contributed by atoms with Gasteiger partial charge in [0.25, 0.3) is 0 Å². The topological polar surface area (TPSA) is 86.0 Å². The summed E-state index contributed by atoms with van der Waals surface area (Å²) in [5, 5.41) is 23.3. The number of carboxylic acids is 1. The fourth-order valence-corrected chi connectivity index (χ4v) is 2.72. The molecule has 0 aliphatic rings. The van der Waals surface area contributed by atoms with Gasteiger partial charge in [0.05, 0.1) is 16.9 Å². The molecule has 6 heteroatoms. The minimum Gasteiger partial charge on any atom is -0.479 e. The van der Waals surface area contributed by atoms with E-state index in [1.807, 2.05) is 5.38 Å². The van der Waals surface area contributed by atoms with Crippen LogP contribution < -0.4 is 5.32 Å². The lowest BCUT2D eigenvalue weighted by Crippen LogP contribution is -2.20. The molecule has 2 heterocycles. The highest BCUT2D eigenvalue weighted by atomic mass is 32.1. The van der Waals surface area contributed by atoms with Crippen molar-refractivity contribution in [3.05, 3.63) is 45.4 Å². The number of carboxylic acid groups (broad SMARTS) is 1. The van der Waals surface area contributed by atoms with Crippen LogP contribution in [0.1, 0.15) is 27.9 Å². The fourth-order valence-electron chi connectivity index (χ4n) is 1.95. The summed E-state index contributed by atoms with van der Waals surface area (Å²) in [4.78, 5) is 16.3. The summed E-state index contributed by atoms with van der Waals surface area (Å²) in [6.45, 7) is 3.54. The van der Waals surface area contributed by atoms with Crippen LogP contribution in [-0.2, 0) is 4.79 Å². The summed E-state index contributed by atoms with van der Waals surface area (Å²) in [6, 6.07) is 6.43. The molecule has 0 saturated heterocycles. The Hall–Kier alpha value is -2.39. The molecule has 0 bridgehead atoms. The first-order valence-corrected chi connectivity index (χ1v) is 6.82. The Kier molecular flexibility index (Phi) is 4.01. The van der Waals surface area contributed by atoms with Crippen LogP contribution in [0.3, 0.4) is 0 Å². The van der Waals surface area contributed by atoms with E-state index >= 15 is 0 Å². The largest absolute Gasteiger partial charge is 0.479 e. The van der Waals surface area contributed by atoms with Crippen molar-refractivity contribution >= 4 is 23.0 Å². The number of hydrogen-bond acceptors (Lipinski definition) is 5. The van der Waals surface area contributed by atoms with Crippen molar-refractivity contribution in [3.8, 4) is 6.07 Å². The van der Waals surface area contributed by atoms with Gasteiger partial charge in [0.1, 0.15) is 6.07 Å². The zero-order valence-electron chi connectivity index (χ0n) is 11.0. The molecular weight excluding hydrogens is 274 g/mol. The highest BCUT2D eigenvalue weighted by Gasteiger charge is 2.22. The summed E-state index contributed by atoms with van der Waals surface area (Å²) in [7, 11) is 0. The molecule has 0 amide bonds. The van der Waals surface area contributed by atoms with E-state index in [1.54, 1.807) is 32.0 Å². The Balaban J connectivity index is 2.42. The van der Waals surface area contributed by atoms with Crippen LogP contribution in [0.5, 0.6) is 0 Å². The smallest absolute Gasteiger partial charge is 0.331 e. The lowest BCUT2D eigenvalue weighted by Gasteiger charge is -2.16. The third kappa shape index (κ3) is 2.78. The SMILES string of the molecule is Cc1cc(NC(C(=O)O)c2cccs2)c(C#N)c(C)n1. The predicted molar refractivity (Wildman–Crippen MR) is 76.7 cm³/mol. The highest BCUT2D eigenvalue weighted by molar-refractivity contribution is 7.10. The minimum absolute atomic E-state index is 0.374. The lowest BCUT2D eigenvalue weighted by atomic mass is 10.1. The van der Waals surface area contributed by atoms with E-state index in [0.29, 0.717) is 21.8 Å². The Labute approximate surface area is 120 Å². The molecule has 102 valence electrons. The summed E-state index contributed by atoms with van der Waals surface area (Å²) < 4.78 is 0. The van der Waals surface area contributed by atoms with Crippen molar-refractivity contribution in [1.82, 2.24) is 4.98 Å². The van der Waals surface area contributed by atoms with Crippen LogP contribution in [0.4, 0.5) is 5.69 Å². The van der Waals surface area contributed by atoms with E-state index in [4.69, 9.17) is 0 Å².